The van der Waals surface area contributed by atoms with Gasteiger partial charge in [0.2, 0.25) is 53.4 Å². The van der Waals surface area contributed by atoms with Gasteiger partial charge in [-0.05, 0) is 177 Å². The van der Waals surface area contributed by atoms with Gasteiger partial charge in [0.1, 0.15) is 89.5 Å². The van der Waals surface area contributed by atoms with Gasteiger partial charge in [-0.25, -0.2) is 4.79 Å². The number of esters is 1. The zero-order valence-electron chi connectivity index (χ0n) is 78.5. The molecular weight excluding hydrogens is 2000 g/mol. The maximum atomic E-state index is 16.8. The highest BCUT2D eigenvalue weighted by atomic mass is 35.5. The van der Waals surface area contributed by atoms with Crippen molar-refractivity contribution in [1.82, 2.24) is 42.5 Å². The van der Waals surface area contributed by atoms with Crippen molar-refractivity contribution in [2.24, 2.45) is 17.4 Å². The van der Waals surface area contributed by atoms with Crippen molar-refractivity contribution >= 4 is 109 Å². The lowest BCUT2D eigenvalue weighted by Gasteiger charge is -2.48. The lowest BCUT2D eigenvalue weighted by molar-refractivity contribution is -0.334. The Balaban J connectivity index is 0.942. The molecule has 8 aromatic rings. The van der Waals surface area contributed by atoms with E-state index < -0.39 is 323 Å². The standard InChI is InChI=1S/C96H110Cl3N11O33P2/c1-41(2)26-59(102-7)87(122)109-77-79(117)49-17-24-63(57(98)29-49)138-65-31-51-32-66(83(65)143-94-84(81(119)80(118)67(39-111)140-94)142-71-37-96(6,86(121)43(4)137-71)103-38-45-8-12-46(13-9-45)47-14-19-52(97)20-15-47)139-64-25-18-50(30-58(64)99)82(141-70-36-95(5,101)85(120)42(3)136-70)78-92(127)108-76(93(128)135-40-69(116)104-53-21-10-44(11-22-53)27-72(144(129,130)131)145(132,133)134)56-33-54(112)34-62(114)73(56)55-28-48(16-23-61(55)113)74(89(124)110-78)107-90(125)75(51)106-88(123)60(35-68(100)115)105-91(77)126/h8-25,28-34,41-43,59-60,67,70-72,74-82,84-86,94,102-103,111-114,117-121H,26-27,35-40,101H2,1-7H3,(H2,100,115)(H,104,116)(H,105,126)(H,106,123)(H,107,125)(H,108,127)(H,109,122)(H,110,124)(H2,129,130,131)(H2,132,133,134)/t42-,43-,59+,60-,67+,70-,71-,74+,75+,76-,77+,78-,79+,80+,81-,82+,84+,85-,86-,94?,95-,96-/m0/s1. The summed E-state index contributed by atoms with van der Waals surface area (Å²) in [6.07, 6.45) is -24.8. The van der Waals surface area contributed by atoms with E-state index in [-0.39, 0.29) is 47.7 Å². The molecule has 778 valence electrons. The van der Waals surface area contributed by atoms with Crippen LogP contribution in [0.4, 0.5) is 5.69 Å². The predicted octanol–water partition coefficient (Wildman–Crippen LogP) is 4.82. The monoisotopic (exact) mass is 2110 g/mol. The highest BCUT2D eigenvalue weighted by Gasteiger charge is 2.54. The third kappa shape index (κ3) is 25.3. The van der Waals surface area contributed by atoms with Crippen LogP contribution in [0.1, 0.15) is 137 Å². The van der Waals surface area contributed by atoms with Gasteiger partial charge in [0.05, 0.1) is 53.5 Å². The molecule has 44 nitrogen and oxygen atoms in total. The average Bonchev–Trinajstić information content (AvgIpc) is 0.767. The SMILES string of the molecule is CN[C@H](CC(C)C)C(=O)N[C@H]1C(=O)N[C@@H](CC(N)=O)C(=O)N[C@H]2C(=O)N[C@H]3C(=O)N[C@H](C(=O)N[C@H](C(=O)OCC(=O)Nc4ccc(CC(P(=O)(O)O)P(=O)(O)O)cc4)c4cc(O)cc(O)c4-c4cc3ccc4O)[C@H](O[C@H]3C[C@](C)(N)[C@@H](O)[C@H](C)O3)c3ccc(c(Cl)c3)Oc3cc2cc(c3OC2O[C@H](CO)[C@@H](O)[C@H](O)[C@H]2O[C@H]2C[C@](C)(NCc3ccc(-c4ccc(Cl)cc4)cc3)[C@@H](O)[C@H](C)O2)Oc2ccc(cc2Cl)[C@H]1O. The normalized spacial score (nSPS) is 27.5. The summed E-state index contributed by atoms with van der Waals surface area (Å²) < 4.78 is 83.1. The molecule has 26 N–H and O–H groups in total. The number of fused-ring (bicyclic) bond motifs is 15. The number of anilines is 1. The number of phenolic OH excluding ortho intramolecular Hbond substituents is 3. The maximum Gasteiger partial charge on any atom is 0.341 e. The van der Waals surface area contributed by atoms with Crippen LogP contribution >= 0.6 is 50.0 Å². The number of primary amides is 1. The summed E-state index contributed by atoms with van der Waals surface area (Å²) in [6.45, 7) is 7.56. The lowest BCUT2D eigenvalue weighted by Crippen LogP contribution is -2.65. The number of hydrogen-bond acceptors (Lipinski definition) is 32. The molecule has 0 aliphatic carbocycles. The van der Waals surface area contributed by atoms with Crippen molar-refractivity contribution in [3.8, 4) is 68.2 Å². The van der Waals surface area contributed by atoms with Crippen LogP contribution in [-0.2, 0) is 93.7 Å². The van der Waals surface area contributed by atoms with Crippen LogP contribution < -0.4 is 73.5 Å². The summed E-state index contributed by atoms with van der Waals surface area (Å²) in [6, 6.07) is 17.9. The lowest BCUT2D eigenvalue weighted by atomic mass is 9.84. The minimum absolute atomic E-state index is 0.0118. The Hall–Kier alpha value is -11.6. The summed E-state index contributed by atoms with van der Waals surface area (Å²) in [5.74, 6) is -18.1. The smallest absolute Gasteiger partial charge is 0.341 e. The Kier molecular flexibility index (Phi) is 33.9. The van der Waals surface area contributed by atoms with Gasteiger partial charge in [0.25, 0.3) is 5.91 Å². The number of aromatic hydroxyl groups is 3. The van der Waals surface area contributed by atoms with E-state index in [2.05, 4.69) is 47.9 Å². The third-order valence-corrected chi connectivity index (χ3v) is 30.3. The molecule has 8 amide bonds. The number of halogens is 3. The number of nitrogens with one attached hydrogen (secondary N) is 9. The quantitative estimate of drug-likeness (QED) is 0.0255. The highest BCUT2D eigenvalue weighted by molar-refractivity contribution is 7.70. The van der Waals surface area contributed by atoms with Crippen molar-refractivity contribution < 1.29 is 160 Å². The Bertz CT molecular complexity index is 6290. The largest absolute Gasteiger partial charge is 0.508 e. The number of hydrogen-bond donors (Lipinski definition) is 24. The summed E-state index contributed by atoms with van der Waals surface area (Å²) in [5, 5.41) is 129. The van der Waals surface area contributed by atoms with E-state index in [1.54, 1.807) is 39.8 Å². The van der Waals surface area contributed by atoms with Crippen molar-refractivity contribution in [2.75, 3.05) is 25.6 Å². The molecule has 3 saturated heterocycles. The number of nitrogens with two attached hydrogens (primary N) is 2. The second kappa shape index (κ2) is 45.0. The third-order valence-electron chi connectivity index (χ3n) is 25.7. The summed E-state index contributed by atoms with van der Waals surface area (Å²) >= 11 is 21.0. The van der Waals surface area contributed by atoms with Crippen LogP contribution in [0.2, 0.25) is 15.1 Å². The van der Waals surface area contributed by atoms with Crippen molar-refractivity contribution in [3.63, 3.8) is 0 Å². The molecule has 0 aromatic heterocycles. The van der Waals surface area contributed by atoms with E-state index >= 15 is 28.8 Å². The molecule has 8 heterocycles. The number of aliphatic hydroxyl groups is 6. The molecule has 3 fully saturated rings. The first kappa shape index (κ1) is 109. The molecule has 0 spiro atoms. The number of carbonyl (C=O) groups excluding carboxylic acids is 9. The van der Waals surface area contributed by atoms with E-state index in [1.807, 2.05) is 36.4 Å². The van der Waals surface area contributed by atoms with Crippen molar-refractivity contribution in [3.05, 3.63) is 206 Å². The zero-order valence-corrected chi connectivity index (χ0v) is 82.5. The molecule has 145 heavy (non-hydrogen) atoms. The van der Waals surface area contributed by atoms with E-state index in [1.165, 1.54) is 51.2 Å². The topological polar surface area (TPSA) is 694 Å². The first-order valence-corrected chi connectivity index (χ1v) is 50.2. The van der Waals surface area contributed by atoms with Crippen LogP contribution in [0.25, 0.3) is 22.3 Å². The Labute approximate surface area is 843 Å². The number of likely N-dealkylation sites (N-methyl/N-ethyl adjacent to an activating group) is 1. The second-order valence-corrected chi connectivity index (χ2v) is 42.4. The zero-order chi connectivity index (χ0) is 105. The first-order chi connectivity index (χ1) is 68.3. The molecule has 1 unspecified atom stereocenters. The molecule has 8 aliphatic heterocycles. The first-order valence-electron chi connectivity index (χ1n) is 45.7. The molecular formula is C96H110Cl3N11O33P2. The van der Waals surface area contributed by atoms with Crippen LogP contribution in [0.5, 0.6) is 46.0 Å². The number of carbonyl (C=O) groups is 9. The Morgan fingerprint density at radius 1 is 0.614 bits per heavy atom. The van der Waals surface area contributed by atoms with Gasteiger partial charge in [-0.3, -0.25) is 47.5 Å². The number of phenols is 3. The van der Waals surface area contributed by atoms with E-state index in [0.29, 0.717) is 5.02 Å². The second-order valence-electron chi connectivity index (χ2n) is 37.1. The number of aliphatic hydroxyl groups excluding tert-OH is 6. The van der Waals surface area contributed by atoms with Gasteiger partial charge >= 0.3 is 21.2 Å². The van der Waals surface area contributed by atoms with Gasteiger partial charge in [-0.15, -0.1) is 0 Å². The van der Waals surface area contributed by atoms with Crippen LogP contribution in [-0.4, -0.2) is 247 Å². The van der Waals surface area contributed by atoms with E-state index in [4.69, 9.17) is 88.9 Å². The average molecular weight is 2110 g/mol. The van der Waals surface area contributed by atoms with Gasteiger partial charge in [-0.2, -0.15) is 0 Å². The number of amides is 8. The predicted molar refractivity (Wildman–Crippen MR) is 515 cm³/mol. The Morgan fingerprint density at radius 2 is 1.19 bits per heavy atom. The summed E-state index contributed by atoms with van der Waals surface area (Å²) in [4.78, 5) is 177. The van der Waals surface area contributed by atoms with Gasteiger partial charge < -0.3 is 167 Å². The molecule has 8 aromatic carbocycles. The highest BCUT2D eigenvalue weighted by Crippen LogP contribution is 2.61. The molecule has 0 radical (unpaired) electrons. The molecule has 49 heteroatoms. The summed E-state index contributed by atoms with van der Waals surface area (Å²) in [7, 11) is -9.34. The molecule has 11 bridgehead atoms. The van der Waals surface area contributed by atoms with Crippen molar-refractivity contribution in [1.29, 1.82) is 0 Å². The number of rotatable bonds is 26. The van der Waals surface area contributed by atoms with Crippen LogP contribution in [0.3, 0.4) is 0 Å². The molecule has 8 aliphatic rings. The van der Waals surface area contributed by atoms with Crippen molar-refractivity contribution in [2.45, 2.75) is 219 Å². The maximum absolute atomic E-state index is 16.8. The fraction of sp³-hybridized carbons (Fsp3) is 0.406. The number of ether oxygens (including phenoxy) is 9. The number of benzene rings is 8. The molecule has 0 saturated carbocycles. The Morgan fingerprint density at radius 3 is 1.79 bits per heavy atom. The summed E-state index contributed by atoms with van der Waals surface area (Å²) in [5.41, 5.74) is 8.85. The van der Waals surface area contributed by atoms with Gasteiger partial charge in [0.15, 0.2) is 48.2 Å². The van der Waals surface area contributed by atoms with Gasteiger partial charge in [0, 0.05) is 63.9 Å². The fourth-order valence-electron chi connectivity index (χ4n) is 17.9. The fourth-order valence-corrected chi connectivity index (χ4v) is 21.0. The molecule has 16 rings (SSSR count). The van der Waals surface area contributed by atoms with Crippen LogP contribution in [0.15, 0.2) is 152 Å². The molecule has 22 atom stereocenters. The van der Waals surface area contributed by atoms with E-state index in [0.717, 1.165) is 89.5 Å². The minimum atomic E-state index is -5.40. The van der Waals surface area contributed by atoms with Gasteiger partial charge in [-0.1, -0.05) is 115 Å². The minimum Gasteiger partial charge on any atom is -0.508 e. The van der Waals surface area contributed by atoms with Crippen LogP contribution in [0, 0.1) is 5.92 Å². The van der Waals surface area contributed by atoms with E-state index in [9.17, 15) is 89.0 Å².